The molecule has 0 aliphatic carbocycles. The molecule has 23 heavy (non-hydrogen) atoms. The number of Topliss-reactive ketones (excluding diaryl/α,β-unsaturated/α-hetero) is 1. The van der Waals surface area contributed by atoms with Gasteiger partial charge in [-0.1, -0.05) is 18.2 Å². The van der Waals surface area contributed by atoms with Crippen LogP contribution in [0.4, 0.5) is 18.9 Å². The van der Waals surface area contributed by atoms with Crippen molar-refractivity contribution >= 4 is 28.6 Å². The number of allylic oxidation sites excluding steroid dienone is 1. The van der Waals surface area contributed by atoms with Crippen LogP contribution in [0.5, 0.6) is 0 Å². The highest BCUT2D eigenvalue weighted by molar-refractivity contribution is 7.11. The molecular weight excluding hydrogens is 329 g/mol. The number of benzene rings is 1. The molecule has 1 heterocycles. The average molecular weight is 340 g/mol. The minimum atomic E-state index is -5.16. The molecule has 4 nitrogen and oxygen atoms in total. The molecule has 1 aromatic carbocycles. The smallest absolute Gasteiger partial charge is 0.456 e. The van der Waals surface area contributed by atoms with Crippen molar-refractivity contribution in [2.24, 2.45) is 10.2 Å². The molecule has 0 aliphatic heterocycles. The monoisotopic (exact) mass is 340 g/mol. The van der Waals surface area contributed by atoms with Crippen LogP contribution in [0.2, 0.25) is 0 Å². The Kier molecular flexibility index (Phi) is 4.95. The first kappa shape index (κ1) is 16.9. The lowest BCUT2D eigenvalue weighted by Gasteiger charge is -2.06. The number of carbonyl (C=O) groups is 1. The van der Waals surface area contributed by atoms with Crippen LogP contribution in [-0.4, -0.2) is 17.1 Å². The molecule has 0 aliphatic rings. The summed E-state index contributed by atoms with van der Waals surface area (Å²) in [6.07, 6.45) is -5.16. The van der Waals surface area contributed by atoms with Crippen LogP contribution in [0.15, 0.2) is 57.7 Å². The zero-order valence-electron chi connectivity index (χ0n) is 11.8. The van der Waals surface area contributed by atoms with Gasteiger partial charge in [0.05, 0.1) is 10.6 Å². The van der Waals surface area contributed by atoms with Gasteiger partial charge in [0.15, 0.2) is 11.5 Å². The quantitative estimate of drug-likeness (QED) is 0.472. The second-order valence-corrected chi connectivity index (χ2v) is 5.49. The number of aliphatic hydroxyl groups is 1. The summed E-state index contributed by atoms with van der Waals surface area (Å²) in [5, 5.41) is 18.5. The van der Waals surface area contributed by atoms with Crippen molar-refractivity contribution in [2.75, 3.05) is 0 Å². The molecule has 2 aromatic rings. The third kappa shape index (κ3) is 4.26. The van der Waals surface area contributed by atoms with Gasteiger partial charge in [-0.3, -0.25) is 4.79 Å². The lowest BCUT2D eigenvalue weighted by molar-refractivity contribution is -0.166. The molecule has 0 fully saturated rings. The second-order valence-electron chi connectivity index (χ2n) is 4.54. The molecule has 1 aromatic heterocycles. The van der Waals surface area contributed by atoms with Crippen LogP contribution in [0.3, 0.4) is 0 Å². The van der Waals surface area contributed by atoms with Gasteiger partial charge in [-0.25, -0.2) is 0 Å². The summed E-state index contributed by atoms with van der Waals surface area (Å²) in [6, 6.07) is 9.45. The van der Waals surface area contributed by atoms with E-state index in [0.29, 0.717) is 0 Å². The lowest BCUT2D eigenvalue weighted by atomic mass is 10.2. The van der Waals surface area contributed by atoms with E-state index in [1.807, 2.05) is 0 Å². The van der Waals surface area contributed by atoms with E-state index in [9.17, 15) is 23.1 Å². The van der Waals surface area contributed by atoms with Crippen molar-refractivity contribution in [2.45, 2.75) is 13.1 Å². The van der Waals surface area contributed by atoms with Crippen LogP contribution >= 0.6 is 11.3 Å². The van der Waals surface area contributed by atoms with Gasteiger partial charge < -0.3 is 5.11 Å². The number of nitrogens with zero attached hydrogens (tertiary/aromatic N) is 2. The highest BCUT2D eigenvalue weighted by Gasteiger charge is 2.43. The molecule has 120 valence electrons. The molecule has 0 unspecified atom stereocenters. The van der Waals surface area contributed by atoms with E-state index >= 15 is 0 Å². The molecule has 0 saturated carbocycles. The highest BCUT2D eigenvalue weighted by Crippen LogP contribution is 2.29. The number of ketones is 1. The van der Waals surface area contributed by atoms with Crippen molar-refractivity contribution in [1.82, 2.24) is 0 Å². The van der Waals surface area contributed by atoms with E-state index < -0.39 is 23.4 Å². The maximum Gasteiger partial charge on any atom is 0.456 e. The first-order chi connectivity index (χ1) is 10.8. The Morgan fingerprint density at radius 1 is 1.22 bits per heavy atom. The summed E-state index contributed by atoms with van der Waals surface area (Å²) < 4.78 is 38.1. The molecule has 0 radical (unpaired) electrons. The molecular formula is C15H11F3N2O2S. The number of aliphatic hydroxyl groups excluding tert-OH is 1. The predicted octanol–water partition coefficient (Wildman–Crippen LogP) is 5.20. The molecule has 0 amide bonds. The van der Waals surface area contributed by atoms with Crippen molar-refractivity contribution < 1.29 is 23.1 Å². The maximum atomic E-state index is 12.7. The Morgan fingerprint density at radius 2 is 1.96 bits per heavy atom. The zero-order valence-corrected chi connectivity index (χ0v) is 12.6. The van der Waals surface area contributed by atoms with Gasteiger partial charge in [-0.2, -0.15) is 18.3 Å². The Balaban J connectivity index is 2.46. The average Bonchev–Trinajstić information content (AvgIpc) is 3.00. The summed E-state index contributed by atoms with van der Waals surface area (Å²) in [4.78, 5) is 11.6. The van der Waals surface area contributed by atoms with Crippen LogP contribution in [0.25, 0.3) is 5.76 Å². The minimum absolute atomic E-state index is 0.0980. The number of azo groups is 1. The van der Waals surface area contributed by atoms with Crippen molar-refractivity contribution in [1.29, 1.82) is 0 Å². The summed E-state index contributed by atoms with van der Waals surface area (Å²) >= 11 is 0.982. The van der Waals surface area contributed by atoms with Gasteiger partial charge >= 0.3 is 6.18 Å². The molecule has 0 spiro atoms. The molecule has 0 bridgehead atoms. The minimum Gasteiger partial charge on any atom is -0.504 e. The summed E-state index contributed by atoms with van der Waals surface area (Å²) in [7, 11) is 0. The molecule has 0 saturated heterocycles. The molecule has 1 N–H and O–H groups in total. The van der Waals surface area contributed by atoms with Gasteiger partial charge in [-0.15, -0.1) is 16.5 Å². The fraction of sp³-hybridized carbons (Fsp3) is 0.133. The normalized spacial score (nSPS) is 13.2. The zero-order chi connectivity index (χ0) is 17.0. The predicted molar refractivity (Wildman–Crippen MR) is 80.6 cm³/mol. The number of alkyl halides is 3. The van der Waals surface area contributed by atoms with Gasteiger partial charge in [0, 0.05) is 0 Å². The first-order valence-corrected chi connectivity index (χ1v) is 7.24. The standard InChI is InChI=1S/C15H11F3N2O2S/c1-9-4-2-5-10(8-9)19-20-12(14(22)15(16,17)18)13(21)11-6-3-7-23-11/h2-8,21H,1H3/b13-12+,20-19?. The number of halogens is 3. The van der Waals surface area contributed by atoms with Gasteiger partial charge in [0.2, 0.25) is 0 Å². The summed E-state index contributed by atoms with van der Waals surface area (Å²) in [5.41, 5.74) is -0.0329. The van der Waals surface area contributed by atoms with E-state index in [1.54, 1.807) is 30.5 Å². The van der Waals surface area contributed by atoms with E-state index in [-0.39, 0.29) is 10.6 Å². The molecule has 2 rings (SSSR count). The van der Waals surface area contributed by atoms with Gasteiger partial charge in [0.1, 0.15) is 0 Å². The number of hydrogen-bond donors (Lipinski definition) is 1. The van der Waals surface area contributed by atoms with Crippen molar-refractivity contribution in [3.05, 3.63) is 57.9 Å². The Labute approximate surface area is 133 Å². The Morgan fingerprint density at radius 3 is 2.52 bits per heavy atom. The van der Waals surface area contributed by atoms with E-state index in [1.165, 1.54) is 18.2 Å². The number of rotatable bonds is 4. The SMILES string of the molecule is Cc1cccc(N=N/C(C(=O)C(F)(F)F)=C(/O)c2cccs2)c1. The third-order valence-electron chi connectivity index (χ3n) is 2.72. The Hall–Kier alpha value is -2.48. The van der Waals surface area contributed by atoms with Crippen molar-refractivity contribution in [3.63, 3.8) is 0 Å². The van der Waals surface area contributed by atoms with Crippen LogP contribution in [0.1, 0.15) is 10.4 Å². The van der Waals surface area contributed by atoms with E-state index in [0.717, 1.165) is 16.9 Å². The third-order valence-corrected chi connectivity index (χ3v) is 3.60. The molecule has 0 atom stereocenters. The van der Waals surface area contributed by atoms with Crippen LogP contribution in [-0.2, 0) is 4.79 Å². The topological polar surface area (TPSA) is 62.0 Å². The number of carbonyl (C=O) groups excluding carboxylic acids is 1. The fourth-order valence-electron chi connectivity index (χ4n) is 1.66. The highest BCUT2D eigenvalue weighted by atomic mass is 32.1. The second kappa shape index (κ2) is 6.74. The van der Waals surface area contributed by atoms with Gasteiger partial charge in [-0.05, 0) is 36.1 Å². The summed E-state index contributed by atoms with van der Waals surface area (Å²) in [6.45, 7) is 1.78. The van der Waals surface area contributed by atoms with E-state index in [2.05, 4.69) is 10.2 Å². The summed E-state index contributed by atoms with van der Waals surface area (Å²) in [5.74, 6) is -3.10. The number of hydrogen-bond acceptors (Lipinski definition) is 5. The maximum absolute atomic E-state index is 12.7. The van der Waals surface area contributed by atoms with Crippen LogP contribution < -0.4 is 0 Å². The largest absolute Gasteiger partial charge is 0.504 e. The fourth-order valence-corrected chi connectivity index (χ4v) is 2.33. The molecule has 8 heteroatoms. The van der Waals surface area contributed by atoms with E-state index in [4.69, 9.17) is 0 Å². The Bertz CT molecular complexity index is 765. The van der Waals surface area contributed by atoms with Crippen molar-refractivity contribution in [3.8, 4) is 0 Å². The van der Waals surface area contributed by atoms with Gasteiger partial charge in [0.25, 0.3) is 5.78 Å². The lowest BCUT2D eigenvalue weighted by Crippen LogP contribution is -2.24. The number of thiophene rings is 1. The number of aryl methyl sites for hydroxylation is 1. The first-order valence-electron chi connectivity index (χ1n) is 6.36. The van der Waals surface area contributed by atoms with Crippen LogP contribution in [0, 0.1) is 6.92 Å².